The summed E-state index contributed by atoms with van der Waals surface area (Å²) in [6.45, 7) is 7.89. The van der Waals surface area contributed by atoms with Gasteiger partial charge in [0.1, 0.15) is 5.82 Å². The minimum atomic E-state index is -4.35. The van der Waals surface area contributed by atoms with Gasteiger partial charge < -0.3 is 14.5 Å². The molecule has 2 fully saturated rings. The van der Waals surface area contributed by atoms with E-state index < -0.39 is 11.7 Å². The summed E-state index contributed by atoms with van der Waals surface area (Å²) in [4.78, 5) is 10.9. The van der Waals surface area contributed by atoms with Crippen LogP contribution in [0, 0.1) is 0 Å². The van der Waals surface area contributed by atoms with E-state index >= 15 is 0 Å². The van der Waals surface area contributed by atoms with Crippen molar-refractivity contribution in [2.75, 3.05) is 68.8 Å². The molecule has 1 aromatic heterocycles. The van der Waals surface area contributed by atoms with Crippen molar-refractivity contribution in [1.29, 1.82) is 0 Å². The van der Waals surface area contributed by atoms with E-state index in [9.17, 15) is 13.2 Å². The minimum Gasteiger partial charge on any atom is -0.379 e. The molecule has 31 heavy (non-hydrogen) atoms. The maximum absolute atomic E-state index is 12.8. The second-order valence-electron chi connectivity index (χ2n) is 8.06. The Morgan fingerprint density at radius 1 is 0.871 bits per heavy atom. The number of alkyl halides is 3. The molecule has 0 N–H and O–H groups in total. The Hall–Kier alpha value is -2.32. The first-order chi connectivity index (χ1) is 15.0. The number of ether oxygens (including phenoxy) is 1. The van der Waals surface area contributed by atoms with Crippen LogP contribution < -0.4 is 9.80 Å². The highest BCUT2D eigenvalue weighted by Crippen LogP contribution is 2.30. The summed E-state index contributed by atoms with van der Waals surface area (Å²) in [5.41, 5.74) is 1.92. The van der Waals surface area contributed by atoms with E-state index in [1.54, 1.807) is 0 Å². The molecule has 2 aliphatic heterocycles. The normalized spacial score (nSPS) is 18.4. The van der Waals surface area contributed by atoms with E-state index in [-0.39, 0.29) is 0 Å². The fraction of sp³-hybridized carbons (Fsp3) is 0.522. The van der Waals surface area contributed by atoms with E-state index in [0.717, 1.165) is 84.1 Å². The number of para-hydroxylation sites is 1. The molecular weight excluding hydrogens is 405 g/mol. The summed E-state index contributed by atoms with van der Waals surface area (Å²) in [5.74, 6) is 0.603. The smallest absolute Gasteiger partial charge is 0.379 e. The highest BCUT2D eigenvalue weighted by molar-refractivity contribution is 5.55. The van der Waals surface area contributed by atoms with Crippen molar-refractivity contribution in [1.82, 2.24) is 9.88 Å². The van der Waals surface area contributed by atoms with Crippen LogP contribution in [0.25, 0.3) is 0 Å². The van der Waals surface area contributed by atoms with Gasteiger partial charge in [0.2, 0.25) is 0 Å². The summed E-state index contributed by atoms with van der Waals surface area (Å²) in [5, 5.41) is 0. The van der Waals surface area contributed by atoms with Gasteiger partial charge in [0.25, 0.3) is 0 Å². The van der Waals surface area contributed by atoms with Gasteiger partial charge >= 0.3 is 6.18 Å². The van der Waals surface area contributed by atoms with Crippen molar-refractivity contribution in [3.8, 4) is 0 Å². The zero-order chi connectivity index (χ0) is 21.7. The summed E-state index contributed by atoms with van der Waals surface area (Å²) in [7, 11) is 0. The number of morpholine rings is 1. The summed E-state index contributed by atoms with van der Waals surface area (Å²) < 4.78 is 43.7. The van der Waals surface area contributed by atoms with Crippen molar-refractivity contribution in [3.63, 3.8) is 0 Å². The number of pyridine rings is 1. The van der Waals surface area contributed by atoms with Crippen LogP contribution in [0.2, 0.25) is 0 Å². The fourth-order valence-corrected chi connectivity index (χ4v) is 4.27. The van der Waals surface area contributed by atoms with Crippen LogP contribution in [-0.2, 0) is 17.3 Å². The number of halogens is 3. The number of aryl methyl sites for hydroxylation is 1. The maximum Gasteiger partial charge on any atom is 0.417 e. The molecule has 8 heteroatoms. The Labute approximate surface area is 181 Å². The predicted molar refractivity (Wildman–Crippen MR) is 116 cm³/mol. The van der Waals surface area contributed by atoms with Gasteiger partial charge in [-0.2, -0.15) is 13.2 Å². The molecule has 4 rings (SSSR count). The number of piperazine rings is 1. The highest BCUT2D eigenvalue weighted by atomic mass is 19.4. The van der Waals surface area contributed by atoms with Gasteiger partial charge in [-0.25, -0.2) is 4.98 Å². The summed E-state index contributed by atoms with van der Waals surface area (Å²) >= 11 is 0. The number of nitrogens with zero attached hydrogens (tertiary/aromatic N) is 4. The van der Waals surface area contributed by atoms with Crippen LogP contribution in [0.15, 0.2) is 42.6 Å². The molecule has 168 valence electrons. The first kappa shape index (κ1) is 21.9. The van der Waals surface area contributed by atoms with Gasteiger partial charge in [-0.05, 0) is 43.1 Å². The second-order valence-corrected chi connectivity index (χ2v) is 8.06. The Morgan fingerprint density at radius 3 is 2.26 bits per heavy atom. The van der Waals surface area contributed by atoms with E-state index in [4.69, 9.17) is 4.74 Å². The number of benzene rings is 1. The average molecular weight is 435 g/mol. The van der Waals surface area contributed by atoms with Crippen LogP contribution in [0.1, 0.15) is 17.5 Å². The summed E-state index contributed by atoms with van der Waals surface area (Å²) in [6, 6.07) is 11.1. The molecule has 0 saturated carbocycles. The number of aromatic nitrogens is 1. The van der Waals surface area contributed by atoms with Crippen molar-refractivity contribution in [2.24, 2.45) is 0 Å². The van der Waals surface area contributed by atoms with Crippen LogP contribution in [0.4, 0.5) is 24.7 Å². The third-order valence-electron chi connectivity index (χ3n) is 6.04. The lowest BCUT2D eigenvalue weighted by atomic mass is 10.1. The first-order valence-electron chi connectivity index (χ1n) is 10.9. The number of anilines is 2. The molecule has 0 unspecified atom stereocenters. The summed E-state index contributed by atoms with van der Waals surface area (Å²) in [6.07, 6.45) is -1.28. The van der Waals surface area contributed by atoms with Crippen molar-refractivity contribution < 1.29 is 17.9 Å². The SMILES string of the molecule is FC(F)(F)c1ccc(N2CCN(c3ccccc3CCCN3CCOCC3)CC2)nc1. The average Bonchev–Trinajstić information content (AvgIpc) is 2.80. The van der Waals surface area contributed by atoms with Crippen LogP contribution in [0.5, 0.6) is 0 Å². The Bertz CT molecular complexity index is 829. The highest BCUT2D eigenvalue weighted by Gasteiger charge is 2.31. The molecule has 0 amide bonds. The molecule has 0 spiro atoms. The maximum atomic E-state index is 12.8. The lowest BCUT2D eigenvalue weighted by Crippen LogP contribution is -2.47. The third kappa shape index (κ3) is 5.68. The molecule has 3 heterocycles. The van der Waals surface area contributed by atoms with E-state index in [1.807, 2.05) is 0 Å². The van der Waals surface area contributed by atoms with E-state index in [2.05, 4.69) is 43.9 Å². The second kappa shape index (κ2) is 9.87. The number of hydrogen-bond donors (Lipinski definition) is 0. The van der Waals surface area contributed by atoms with Crippen LogP contribution >= 0.6 is 0 Å². The van der Waals surface area contributed by atoms with Crippen molar-refractivity contribution >= 4 is 11.5 Å². The topological polar surface area (TPSA) is 31.8 Å². The fourth-order valence-electron chi connectivity index (χ4n) is 4.27. The molecule has 0 aliphatic carbocycles. The Kier molecular flexibility index (Phi) is 6.97. The molecule has 2 saturated heterocycles. The number of rotatable bonds is 6. The third-order valence-corrected chi connectivity index (χ3v) is 6.04. The first-order valence-corrected chi connectivity index (χ1v) is 10.9. The standard InChI is InChI=1S/C23H29F3N4O/c24-23(25,26)20-7-8-22(27-18-20)30-12-10-29(11-13-30)21-6-2-1-4-19(21)5-3-9-28-14-16-31-17-15-28/h1-2,4,6-8,18H,3,5,9-17H2. The van der Waals surface area contributed by atoms with Gasteiger partial charge in [-0.3, -0.25) is 4.90 Å². The van der Waals surface area contributed by atoms with Gasteiger partial charge in [-0.15, -0.1) is 0 Å². The molecule has 2 aromatic rings. The van der Waals surface area contributed by atoms with E-state index in [1.165, 1.54) is 17.3 Å². The Morgan fingerprint density at radius 2 is 1.58 bits per heavy atom. The number of hydrogen-bond acceptors (Lipinski definition) is 5. The quantitative estimate of drug-likeness (QED) is 0.692. The predicted octanol–water partition coefficient (Wildman–Crippen LogP) is 3.69. The zero-order valence-electron chi connectivity index (χ0n) is 17.7. The van der Waals surface area contributed by atoms with Crippen LogP contribution in [-0.4, -0.2) is 68.9 Å². The van der Waals surface area contributed by atoms with Crippen molar-refractivity contribution in [3.05, 3.63) is 53.7 Å². The van der Waals surface area contributed by atoms with Gasteiger partial charge in [-0.1, -0.05) is 18.2 Å². The lowest BCUT2D eigenvalue weighted by molar-refractivity contribution is -0.137. The Balaban J connectivity index is 1.32. The molecule has 1 aromatic carbocycles. The monoisotopic (exact) mass is 434 g/mol. The van der Waals surface area contributed by atoms with Gasteiger partial charge in [0.15, 0.2) is 0 Å². The van der Waals surface area contributed by atoms with Crippen LogP contribution in [0.3, 0.4) is 0 Å². The minimum absolute atomic E-state index is 0.603. The largest absolute Gasteiger partial charge is 0.417 e. The van der Waals surface area contributed by atoms with Gasteiger partial charge in [0.05, 0.1) is 18.8 Å². The molecular formula is C23H29F3N4O. The molecule has 0 atom stereocenters. The molecule has 5 nitrogen and oxygen atoms in total. The molecule has 2 aliphatic rings. The van der Waals surface area contributed by atoms with E-state index in [0.29, 0.717) is 5.82 Å². The van der Waals surface area contributed by atoms with Crippen molar-refractivity contribution in [2.45, 2.75) is 19.0 Å². The lowest BCUT2D eigenvalue weighted by Gasteiger charge is -2.37. The zero-order valence-corrected chi connectivity index (χ0v) is 17.7. The van der Waals surface area contributed by atoms with Gasteiger partial charge in [0, 0.05) is 51.2 Å². The molecule has 0 bridgehead atoms. The molecule has 0 radical (unpaired) electrons.